The van der Waals surface area contributed by atoms with Gasteiger partial charge in [-0.15, -0.1) is 10.2 Å². The Morgan fingerprint density at radius 1 is 1.16 bits per heavy atom. The molecule has 1 amide bonds. The Morgan fingerprint density at radius 2 is 1.91 bits per heavy atom. The number of ketones is 1. The molecule has 0 fully saturated rings. The number of fused-ring (bicyclic) bond motifs is 1. The second-order valence-corrected chi connectivity index (χ2v) is 8.56. The van der Waals surface area contributed by atoms with Crippen LogP contribution < -0.4 is 15.0 Å². The molecule has 3 aromatic rings. The van der Waals surface area contributed by atoms with Gasteiger partial charge in [0.25, 0.3) is 11.1 Å². The summed E-state index contributed by atoms with van der Waals surface area (Å²) in [6.07, 6.45) is 0. The van der Waals surface area contributed by atoms with E-state index in [2.05, 4.69) is 34.3 Å². The van der Waals surface area contributed by atoms with Crippen LogP contribution in [-0.2, 0) is 4.79 Å². The molecule has 1 aliphatic rings. The zero-order valence-electron chi connectivity index (χ0n) is 18.1. The largest absolute Gasteiger partial charge is 0.482 e. The van der Waals surface area contributed by atoms with E-state index in [-0.39, 0.29) is 18.3 Å². The van der Waals surface area contributed by atoms with Crippen molar-refractivity contribution in [3.8, 4) is 17.2 Å². The van der Waals surface area contributed by atoms with E-state index in [0.29, 0.717) is 28.1 Å². The van der Waals surface area contributed by atoms with Gasteiger partial charge in [-0.25, -0.2) is 0 Å². The summed E-state index contributed by atoms with van der Waals surface area (Å²) in [6.45, 7) is 7.87. The molecule has 166 valence electrons. The summed E-state index contributed by atoms with van der Waals surface area (Å²) in [7, 11) is 0. The Balaban J connectivity index is 1.43. The van der Waals surface area contributed by atoms with Crippen LogP contribution in [0.15, 0.2) is 52.1 Å². The first-order valence-corrected chi connectivity index (χ1v) is 11.3. The molecular formula is C23H24N4O4S. The third-order valence-corrected chi connectivity index (χ3v) is 6.13. The molecule has 2 aromatic carbocycles. The number of ether oxygens (including phenoxy) is 1. The molecule has 4 rings (SSSR count). The lowest BCUT2D eigenvalue weighted by Crippen LogP contribution is -2.25. The summed E-state index contributed by atoms with van der Waals surface area (Å²) in [4.78, 5) is 26.7. The molecule has 0 aliphatic carbocycles. The van der Waals surface area contributed by atoms with Crippen molar-refractivity contribution in [2.45, 2.75) is 31.2 Å². The summed E-state index contributed by atoms with van der Waals surface area (Å²) in [5.74, 6) is 0.607. The smallest absolute Gasteiger partial charge is 0.277 e. The Kier molecular flexibility index (Phi) is 6.45. The van der Waals surface area contributed by atoms with E-state index >= 15 is 0 Å². The standard InChI is InChI=1S/C23H24N4O4S/c1-4-27(5-2)17-9-6-15(7-10-17)22-25-26-23(31-22)32-14(3)21(29)16-8-11-19-18(12-16)24-20(28)13-30-19/h6-12,14H,4-5,13H2,1-3H3,(H,24,28)/t14-/m0/s1. The first kappa shape index (κ1) is 21.9. The van der Waals surface area contributed by atoms with Crippen molar-refractivity contribution in [2.24, 2.45) is 0 Å². The fourth-order valence-electron chi connectivity index (χ4n) is 3.45. The molecule has 1 aromatic heterocycles. The number of carbonyl (C=O) groups is 2. The highest BCUT2D eigenvalue weighted by Gasteiger charge is 2.23. The van der Waals surface area contributed by atoms with Crippen LogP contribution in [0.5, 0.6) is 5.75 Å². The van der Waals surface area contributed by atoms with Crippen LogP contribution in [0, 0.1) is 0 Å². The average Bonchev–Trinajstić information content (AvgIpc) is 3.27. The summed E-state index contributed by atoms with van der Waals surface area (Å²) in [6, 6.07) is 13.0. The Morgan fingerprint density at radius 3 is 2.62 bits per heavy atom. The minimum atomic E-state index is -0.452. The van der Waals surface area contributed by atoms with Gasteiger partial charge in [0.15, 0.2) is 12.4 Å². The van der Waals surface area contributed by atoms with E-state index < -0.39 is 5.25 Å². The van der Waals surface area contributed by atoms with Crippen molar-refractivity contribution in [3.63, 3.8) is 0 Å². The zero-order valence-corrected chi connectivity index (χ0v) is 18.9. The van der Waals surface area contributed by atoms with E-state index in [4.69, 9.17) is 9.15 Å². The third-order valence-electron chi connectivity index (χ3n) is 5.19. The summed E-state index contributed by atoms with van der Waals surface area (Å²) >= 11 is 1.20. The number of thioether (sulfide) groups is 1. The molecule has 9 heteroatoms. The number of carbonyl (C=O) groups excluding carboxylic acids is 2. The fourth-order valence-corrected chi connectivity index (χ4v) is 4.21. The summed E-state index contributed by atoms with van der Waals surface area (Å²) in [5, 5.41) is 10.8. The number of aromatic nitrogens is 2. The van der Waals surface area contributed by atoms with Crippen molar-refractivity contribution in [1.29, 1.82) is 0 Å². The number of anilines is 2. The van der Waals surface area contributed by atoms with Gasteiger partial charge in [-0.3, -0.25) is 9.59 Å². The lowest BCUT2D eigenvalue weighted by molar-refractivity contribution is -0.118. The van der Waals surface area contributed by atoms with Gasteiger partial charge >= 0.3 is 0 Å². The average molecular weight is 453 g/mol. The number of amides is 1. The molecule has 0 bridgehead atoms. The molecule has 32 heavy (non-hydrogen) atoms. The van der Waals surface area contributed by atoms with Crippen LogP contribution in [0.1, 0.15) is 31.1 Å². The maximum Gasteiger partial charge on any atom is 0.277 e. The minimum absolute atomic E-state index is 0.0236. The predicted molar refractivity (Wildman–Crippen MR) is 124 cm³/mol. The molecule has 1 N–H and O–H groups in total. The number of hydrogen-bond donors (Lipinski definition) is 1. The molecule has 8 nitrogen and oxygen atoms in total. The quantitative estimate of drug-likeness (QED) is 0.400. The summed E-state index contributed by atoms with van der Waals surface area (Å²) in [5.41, 5.74) is 2.93. The number of nitrogens with zero attached hydrogens (tertiary/aromatic N) is 3. The van der Waals surface area contributed by atoms with Crippen LogP contribution in [0.3, 0.4) is 0 Å². The van der Waals surface area contributed by atoms with E-state index in [1.807, 2.05) is 24.3 Å². The van der Waals surface area contributed by atoms with Crippen molar-refractivity contribution in [3.05, 3.63) is 48.0 Å². The van der Waals surface area contributed by atoms with Crippen molar-refractivity contribution >= 4 is 34.8 Å². The van der Waals surface area contributed by atoms with Crippen LogP contribution in [0.2, 0.25) is 0 Å². The fraction of sp³-hybridized carbons (Fsp3) is 0.304. The second-order valence-electron chi connectivity index (χ2n) is 7.26. The maximum absolute atomic E-state index is 12.9. The van der Waals surface area contributed by atoms with E-state index in [0.717, 1.165) is 24.3 Å². The van der Waals surface area contributed by atoms with Gasteiger partial charge < -0.3 is 19.4 Å². The van der Waals surface area contributed by atoms with Crippen molar-refractivity contribution in [1.82, 2.24) is 10.2 Å². The van der Waals surface area contributed by atoms with Gasteiger partial charge in [0.05, 0.1) is 10.9 Å². The number of benzene rings is 2. The normalized spacial score (nSPS) is 13.7. The Bertz CT molecular complexity index is 1130. The lowest BCUT2D eigenvalue weighted by atomic mass is 10.1. The predicted octanol–water partition coefficient (Wildman–Crippen LogP) is 4.28. The van der Waals surface area contributed by atoms with Gasteiger partial charge in [0.2, 0.25) is 5.89 Å². The molecular weight excluding hydrogens is 428 g/mol. The van der Waals surface area contributed by atoms with Gasteiger partial charge in [-0.1, -0.05) is 11.8 Å². The second kappa shape index (κ2) is 9.44. The highest BCUT2D eigenvalue weighted by molar-refractivity contribution is 8.00. The number of Topliss-reactive ketones (excluding diaryl/α,β-unsaturated/α-hetero) is 1. The highest BCUT2D eigenvalue weighted by Crippen LogP contribution is 2.32. The number of nitrogens with one attached hydrogen (secondary N) is 1. The zero-order chi connectivity index (χ0) is 22.7. The van der Waals surface area contributed by atoms with Gasteiger partial charge in [0.1, 0.15) is 5.75 Å². The maximum atomic E-state index is 12.9. The van der Waals surface area contributed by atoms with Crippen molar-refractivity contribution < 1.29 is 18.7 Å². The first-order chi connectivity index (χ1) is 15.5. The first-order valence-electron chi connectivity index (χ1n) is 10.4. The van der Waals surface area contributed by atoms with E-state index in [1.54, 1.807) is 25.1 Å². The molecule has 2 heterocycles. The molecule has 0 radical (unpaired) electrons. The van der Waals surface area contributed by atoms with Gasteiger partial charge in [-0.2, -0.15) is 0 Å². The van der Waals surface area contributed by atoms with Crippen LogP contribution in [0.4, 0.5) is 11.4 Å². The molecule has 1 atom stereocenters. The third kappa shape index (κ3) is 4.62. The molecule has 0 saturated carbocycles. The van der Waals surface area contributed by atoms with E-state index in [9.17, 15) is 9.59 Å². The highest BCUT2D eigenvalue weighted by atomic mass is 32.2. The Hall–Kier alpha value is -3.33. The van der Waals surface area contributed by atoms with Crippen LogP contribution >= 0.6 is 11.8 Å². The lowest BCUT2D eigenvalue weighted by Gasteiger charge is -2.20. The van der Waals surface area contributed by atoms with Crippen molar-refractivity contribution in [2.75, 3.05) is 29.9 Å². The SMILES string of the molecule is CCN(CC)c1ccc(-c2nnc(S[C@@H](C)C(=O)c3ccc4c(c3)NC(=O)CO4)o2)cc1. The van der Waals surface area contributed by atoms with Gasteiger partial charge in [-0.05, 0) is 63.2 Å². The molecule has 0 spiro atoms. The minimum Gasteiger partial charge on any atom is -0.482 e. The monoisotopic (exact) mass is 452 g/mol. The van der Waals surface area contributed by atoms with E-state index in [1.165, 1.54) is 11.8 Å². The van der Waals surface area contributed by atoms with Crippen LogP contribution in [-0.4, -0.2) is 46.8 Å². The van der Waals surface area contributed by atoms with Gasteiger partial charge in [0, 0.05) is 29.9 Å². The number of hydrogen-bond acceptors (Lipinski definition) is 8. The molecule has 0 saturated heterocycles. The summed E-state index contributed by atoms with van der Waals surface area (Å²) < 4.78 is 11.1. The topological polar surface area (TPSA) is 97.6 Å². The number of rotatable bonds is 8. The van der Waals surface area contributed by atoms with Crippen LogP contribution in [0.25, 0.3) is 11.5 Å². The molecule has 1 aliphatic heterocycles. The Labute approximate surface area is 190 Å². The molecule has 0 unspecified atom stereocenters.